The zero-order valence-corrected chi connectivity index (χ0v) is 14.5. The largest absolute Gasteiger partial charge is 0.379 e. The minimum Gasteiger partial charge on any atom is -0.379 e. The van der Waals surface area contributed by atoms with Gasteiger partial charge in [0.05, 0.1) is 13.2 Å². The Hall–Kier alpha value is -1.63. The molecule has 0 unspecified atom stereocenters. The summed E-state index contributed by atoms with van der Waals surface area (Å²) >= 11 is 0. The Bertz CT molecular complexity index is 538. The topological polar surface area (TPSA) is 48.1 Å². The van der Waals surface area contributed by atoms with Crippen molar-refractivity contribution in [1.82, 2.24) is 14.7 Å². The number of ether oxygens (including phenoxy) is 1. The summed E-state index contributed by atoms with van der Waals surface area (Å²) in [5.41, 5.74) is 1.99. The van der Waals surface area contributed by atoms with Gasteiger partial charge in [0.15, 0.2) is 0 Å². The average Bonchev–Trinajstić information content (AvgIpc) is 2.63. The minimum atomic E-state index is 0.0112. The summed E-state index contributed by atoms with van der Waals surface area (Å²) in [7, 11) is 0. The summed E-state index contributed by atoms with van der Waals surface area (Å²) in [4.78, 5) is 19.2. The highest BCUT2D eigenvalue weighted by atomic mass is 16.5. The van der Waals surface area contributed by atoms with Gasteiger partial charge in [0, 0.05) is 58.0 Å². The van der Waals surface area contributed by atoms with Crippen molar-refractivity contribution in [2.45, 2.75) is 6.92 Å². The van der Waals surface area contributed by atoms with Gasteiger partial charge in [-0.05, 0) is 18.6 Å². The van der Waals surface area contributed by atoms with Crippen LogP contribution in [0.15, 0.2) is 24.3 Å². The van der Waals surface area contributed by atoms with Crippen LogP contribution in [0.3, 0.4) is 0 Å². The number of morpholine rings is 1. The number of amides is 2. The second kappa shape index (κ2) is 8.46. The molecule has 0 atom stereocenters. The molecule has 2 amide bonds. The van der Waals surface area contributed by atoms with Crippen molar-refractivity contribution in [3.8, 4) is 0 Å². The molecule has 24 heavy (non-hydrogen) atoms. The van der Waals surface area contributed by atoms with E-state index >= 15 is 0 Å². The van der Waals surface area contributed by atoms with Crippen LogP contribution in [0.4, 0.5) is 10.5 Å². The van der Waals surface area contributed by atoms with Crippen LogP contribution in [0.2, 0.25) is 0 Å². The lowest BCUT2D eigenvalue weighted by molar-refractivity contribution is 0.0311. The van der Waals surface area contributed by atoms with E-state index in [0.29, 0.717) is 0 Å². The maximum atomic E-state index is 12.4. The molecule has 0 spiro atoms. The van der Waals surface area contributed by atoms with E-state index < -0.39 is 0 Å². The van der Waals surface area contributed by atoms with E-state index in [1.807, 2.05) is 36.1 Å². The average molecular weight is 332 g/mol. The quantitative estimate of drug-likeness (QED) is 0.907. The third-order valence-electron chi connectivity index (χ3n) is 4.88. The molecule has 0 aromatic heterocycles. The number of nitrogens with zero attached hydrogens (tertiary/aromatic N) is 3. The fourth-order valence-corrected chi connectivity index (χ4v) is 3.19. The summed E-state index contributed by atoms with van der Waals surface area (Å²) in [6, 6.07) is 7.91. The number of benzene rings is 1. The second-order valence-electron chi connectivity index (χ2n) is 6.53. The van der Waals surface area contributed by atoms with Crippen LogP contribution in [-0.4, -0.2) is 86.3 Å². The maximum absolute atomic E-state index is 12.4. The number of nitrogens with one attached hydrogen (secondary N) is 1. The monoisotopic (exact) mass is 332 g/mol. The van der Waals surface area contributed by atoms with E-state index in [2.05, 4.69) is 15.1 Å². The summed E-state index contributed by atoms with van der Waals surface area (Å²) in [5, 5.41) is 3.02. The van der Waals surface area contributed by atoms with Gasteiger partial charge in [-0.1, -0.05) is 18.2 Å². The molecule has 6 heteroatoms. The van der Waals surface area contributed by atoms with Crippen molar-refractivity contribution in [3.05, 3.63) is 29.8 Å². The third-order valence-corrected chi connectivity index (χ3v) is 4.88. The Morgan fingerprint density at radius 3 is 2.29 bits per heavy atom. The summed E-state index contributed by atoms with van der Waals surface area (Å²) in [6.45, 7) is 11.5. The first kappa shape index (κ1) is 17.2. The molecule has 1 aromatic carbocycles. The van der Waals surface area contributed by atoms with Crippen LogP contribution >= 0.6 is 0 Å². The fourth-order valence-electron chi connectivity index (χ4n) is 3.19. The van der Waals surface area contributed by atoms with Crippen LogP contribution in [0.1, 0.15) is 5.56 Å². The molecule has 0 aliphatic carbocycles. The number of carbonyl (C=O) groups is 1. The van der Waals surface area contributed by atoms with Crippen molar-refractivity contribution in [2.24, 2.45) is 0 Å². The first-order chi connectivity index (χ1) is 11.7. The van der Waals surface area contributed by atoms with Gasteiger partial charge in [-0.25, -0.2) is 4.79 Å². The molecule has 0 radical (unpaired) electrons. The predicted molar refractivity (Wildman–Crippen MR) is 95.5 cm³/mol. The van der Waals surface area contributed by atoms with E-state index in [-0.39, 0.29) is 6.03 Å². The van der Waals surface area contributed by atoms with E-state index in [9.17, 15) is 4.79 Å². The Labute approximate surface area is 144 Å². The molecular formula is C18H28N4O2. The van der Waals surface area contributed by atoms with Crippen LogP contribution in [-0.2, 0) is 4.74 Å². The van der Waals surface area contributed by atoms with Gasteiger partial charge in [0.1, 0.15) is 0 Å². The first-order valence-electron chi connectivity index (χ1n) is 8.86. The molecule has 1 aromatic rings. The lowest BCUT2D eigenvalue weighted by Gasteiger charge is -2.36. The number of hydrogen-bond donors (Lipinski definition) is 1. The van der Waals surface area contributed by atoms with Crippen LogP contribution in [0.5, 0.6) is 0 Å². The molecule has 2 aliphatic heterocycles. The summed E-state index contributed by atoms with van der Waals surface area (Å²) < 4.78 is 5.38. The van der Waals surface area contributed by atoms with E-state index in [1.54, 1.807) is 0 Å². The number of hydrogen-bond acceptors (Lipinski definition) is 4. The molecule has 0 bridgehead atoms. The third kappa shape index (κ3) is 4.69. The summed E-state index contributed by atoms with van der Waals surface area (Å²) in [5.74, 6) is 0. The smallest absolute Gasteiger partial charge is 0.321 e. The van der Waals surface area contributed by atoms with Gasteiger partial charge in [0.2, 0.25) is 0 Å². The highest BCUT2D eigenvalue weighted by Gasteiger charge is 2.22. The zero-order chi connectivity index (χ0) is 16.8. The van der Waals surface area contributed by atoms with Crippen molar-refractivity contribution in [2.75, 3.05) is 70.9 Å². The molecule has 0 saturated carbocycles. The van der Waals surface area contributed by atoms with Crippen molar-refractivity contribution < 1.29 is 9.53 Å². The molecule has 132 valence electrons. The molecule has 3 rings (SSSR count). The Balaban J connectivity index is 1.39. The van der Waals surface area contributed by atoms with Gasteiger partial charge in [-0.3, -0.25) is 9.80 Å². The lowest BCUT2D eigenvalue weighted by Crippen LogP contribution is -2.51. The number of anilines is 1. The Kier molecular flexibility index (Phi) is 6.07. The molecule has 1 N–H and O–H groups in total. The summed E-state index contributed by atoms with van der Waals surface area (Å²) in [6.07, 6.45) is 0. The van der Waals surface area contributed by atoms with Crippen LogP contribution < -0.4 is 5.32 Å². The molecular weight excluding hydrogens is 304 g/mol. The van der Waals surface area contributed by atoms with Crippen molar-refractivity contribution >= 4 is 11.7 Å². The van der Waals surface area contributed by atoms with Crippen molar-refractivity contribution in [3.63, 3.8) is 0 Å². The van der Waals surface area contributed by atoms with Gasteiger partial charge in [-0.15, -0.1) is 0 Å². The van der Waals surface area contributed by atoms with Gasteiger partial charge in [0.25, 0.3) is 0 Å². The number of piperazine rings is 1. The van der Waals surface area contributed by atoms with Gasteiger partial charge < -0.3 is 15.0 Å². The van der Waals surface area contributed by atoms with E-state index in [0.717, 1.165) is 76.8 Å². The van der Waals surface area contributed by atoms with Gasteiger partial charge in [-0.2, -0.15) is 0 Å². The molecule has 2 heterocycles. The highest BCUT2D eigenvalue weighted by Crippen LogP contribution is 2.14. The van der Waals surface area contributed by atoms with Crippen molar-refractivity contribution in [1.29, 1.82) is 0 Å². The Morgan fingerprint density at radius 2 is 1.62 bits per heavy atom. The van der Waals surface area contributed by atoms with E-state index in [4.69, 9.17) is 4.74 Å². The molecule has 2 fully saturated rings. The fraction of sp³-hybridized carbons (Fsp3) is 0.611. The predicted octanol–water partition coefficient (Wildman–Crippen LogP) is 1.48. The Morgan fingerprint density at radius 1 is 1.00 bits per heavy atom. The molecule has 2 aliphatic rings. The number of urea groups is 1. The SMILES string of the molecule is Cc1ccccc1NC(=O)N1CCN(CCN2CCOCC2)CC1. The molecule has 2 saturated heterocycles. The maximum Gasteiger partial charge on any atom is 0.321 e. The van der Waals surface area contributed by atoms with Crippen LogP contribution in [0, 0.1) is 6.92 Å². The second-order valence-corrected chi connectivity index (χ2v) is 6.53. The first-order valence-corrected chi connectivity index (χ1v) is 8.86. The lowest BCUT2D eigenvalue weighted by atomic mass is 10.2. The normalized spacial score (nSPS) is 20.1. The number of carbonyl (C=O) groups excluding carboxylic acids is 1. The molecule has 6 nitrogen and oxygen atoms in total. The zero-order valence-electron chi connectivity index (χ0n) is 14.5. The van der Waals surface area contributed by atoms with Crippen LogP contribution in [0.25, 0.3) is 0 Å². The highest BCUT2D eigenvalue weighted by molar-refractivity contribution is 5.90. The minimum absolute atomic E-state index is 0.0112. The number of aryl methyl sites for hydroxylation is 1. The van der Waals surface area contributed by atoms with Gasteiger partial charge >= 0.3 is 6.03 Å². The number of rotatable bonds is 4. The van der Waals surface area contributed by atoms with E-state index in [1.165, 1.54) is 0 Å². The number of para-hydroxylation sites is 1. The standard InChI is InChI=1S/C18H28N4O2/c1-16-4-2-3-5-17(16)19-18(23)22-10-8-20(9-11-22)6-7-21-12-14-24-15-13-21/h2-5H,6-15H2,1H3,(H,19,23).